The highest BCUT2D eigenvalue weighted by atomic mass is 16.2. The van der Waals surface area contributed by atoms with E-state index in [1.807, 2.05) is 23.8 Å². The second kappa shape index (κ2) is 5.66. The minimum atomic E-state index is -0.193. The lowest BCUT2D eigenvalue weighted by Gasteiger charge is -2.50. The summed E-state index contributed by atoms with van der Waals surface area (Å²) in [6, 6.07) is 0. The number of carbonyl (C=O) groups is 2. The van der Waals surface area contributed by atoms with Gasteiger partial charge >= 0.3 is 0 Å². The summed E-state index contributed by atoms with van der Waals surface area (Å²) in [6.45, 7) is 3.17. The highest BCUT2D eigenvalue weighted by molar-refractivity contribution is 5.92. The molecule has 2 amide bonds. The van der Waals surface area contributed by atoms with Gasteiger partial charge in [-0.1, -0.05) is 0 Å². The van der Waals surface area contributed by atoms with Gasteiger partial charge in [-0.15, -0.1) is 0 Å². The van der Waals surface area contributed by atoms with Gasteiger partial charge in [-0.05, 0) is 32.6 Å². The first-order chi connectivity index (χ1) is 10.5. The Hall–Kier alpha value is -1.98. The van der Waals surface area contributed by atoms with Crippen molar-refractivity contribution in [2.24, 2.45) is 0 Å². The minimum Gasteiger partial charge on any atom is -0.338 e. The average molecular weight is 302 g/mol. The van der Waals surface area contributed by atoms with Crippen molar-refractivity contribution in [2.75, 3.05) is 20.1 Å². The monoisotopic (exact) mass is 302 g/mol. The highest BCUT2D eigenvalue weighted by Crippen LogP contribution is 2.35. The maximum Gasteiger partial charge on any atom is 0.274 e. The molecule has 3 rings (SSSR count). The molecule has 1 atom stereocenters. The number of piperidine rings is 2. The molecule has 6 heteroatoms. The zero-order valence-corrected chi connectivity index (χ0v) is 13.2. The van der Waals surface area contributed by atoms with E-state index in [-0.39, 0.29) is 17.4 Å². The molecular formula is C16H22N4O2. The Balaban J connectivity index is 1.79. The van der Waals surface area contributed by atoms with Crippen LogP contribution in [-0.4, -0.2) is 57.3 Å². The number of amides is 2. The second-order valence-electron chi connectivity index (χ2n) is 6.40. The van der Waals surface area contributed by atoms with Crippen LogP contribution in [0.25, 0.3) is 0 Å². The molecule has 0 aromatic carbocycles. The average Bonchev–Trinajstić information content (AvgIpc) is 2.53. The Morgan fingerprint density at radius 1 is 1.23 bits per heavy atom. The lowest BCUT2D eigenvalue weighted by molar-refractivity contribution is -0.142. The lowest BCUT2D eigenvalue weighted by atomic mass is 9.80. The third kappa shape index (κ3) is 2.58. The van der Waals surface area contributed by atoms with E-state index < -0.39 is 0 Å². The van der Waals surface area contributed by atoms with E-state index in [0.29, 0.717) is 18.7 Å². The van der Waals surface area contributed by atoms with Gasteiger partial charge in [-0.3, -0.25) is 14.6 Å². The number of aryl methyl sites for hydroxylation is 1. The summed E-state index contributed by atoms with van der Waals surface area (Å²) in [6.07, 6.45) is 7.54. The quantitative estimate of drug-likeness (QED) is 0.786. The molecule has 0 saturated carbocycles. The molecule has 0 bridgehead atoms. The molecule has 1 spiro atoms. The summed E-state index contributed by atoms with van der Waals surface area (Å²) < 4.78 is 0. The van der Waals surface area contributed by atoms with Crippen LogP contribution in [0, 0.1) is 6.92 Å². The minimum absolute atomic E-state index is 0.0852. The number of likely N-dealkylation sites (tertiary alicyclic amines) is 2. The van der Waals surface area contributed by atoms with E-state index in [1.165, 1.54) is 6.20 Å². The van der Waals surface area contributed by atoms with Crippen molar-refractivity contribution in [3.63, 3.8) is 0 Å². The smallest absolute Gasteiger partial charge is 0.274 e. The number of likely N-dealkylation sites (N-methyl/N-ethyl adjacent to an activating group) is 1. The molecule has 118 valence electrons. The van der Waals surface area contributed by atoms with Crippen LogP contribution in [0.15, 0.2) is 12.4 Å². The largest absolute Gasteiger partial charge is 0.338 e. The zero-order chi connectivity index (χ0) is 15.7. The van der Waals surface area contributed by atoms with E-state index in [4.69, 9.17) is 0 Å². The van der Waals surface area contributed by atoms with Crippen LogP contribution >= 0.6 is 0 Å². The molecule has 2 fully saturated rings. The Kier molecular flexibility index (Phi) is 3.85. The Labute approximate surface area is 130 Å². The van der Waals surface area contributed by atoms with Crippen molar-refractivity contribution in [2.45, 2.75) is 44.6 Å². The molecule has 1 aromatic heterocycles. The molecule has 2 saturated heterocycles. The summed E-state index contributed by atoms with van der Waals surface area (Å²) in [5.74, 6) is 0.105. The maximum atomic E-state index is 12.6. The third-order valence-electron chi connectivity index (χ3n) is 4.96. The van der Waals surface area contributed by atoms with Crippen molar-refractivity contribution in [3.8, 4) is 0 Å². The highest BCUT2D eigenvalue weighted by Gasteiger charge is 2.44. The summed E-state index contributed by atoms with van der Waals surface area (Å²) in [7, 11) is 1.88. The number of aromatic nitrogens is 2. The summed E-state index contributed by atoms with van der Waals surface area (Å²) in [5.41, 5.74) is 0.984. The normalized spacial score (nSPS) is 25.6. The van der Waals surface area contributed by atoms with Crippen molar-refractivity contribution in [1.82, 2.24) is 19.8 Å². The topological polar surface area (TPSA) is 66.4 Å². The van der Waals surface area contributed by atoms with Gasteiger partial charge in [0.05, 0.1) is 17.4 Å². The molecule has 2 aliphatic heterocycles. The van der Waals surface area contributed by atoms with Crippen molar-refractivity contribution in [3.05, 3.63) is 23.8 Å². The first-order valence-corrected chi connectivity index (χ1v) is 7.86. The Bertz CT molecular complexity index is 582. The van der Waals surface area contributed by atoms with E-state index in [2.05, 4.69) is 9.97 Å². The third-order valence-corrected chi connectivity index (χ3v) is 4.96. The molecule has 2 aliphatic rings. The number of nitrogens with zero attached hydrogens (tertiary/aromatic N) is 4. The number of hydrogen-bond donors (Lipinski definition) is 0. The molecule has 0 N–H and O–H groups in total. The summed E-state index contributed by atoms with van der Waals surface area (Å²) in [5, 5.41) is 0. The molecule has 22 heavy (non-hydrogen) atoms. The van der Waals surface area contributed by atoms with E-state index in [1.54, 1.807) is 6.20 Å². The van der Waals surface area contributed by atoms with Crippen molar-refractivity contribution in [1.29, 1.82) is 0 Å². The first kappa shape index (κ1) is 14.9. The lowest BCUT2D eigenvalue weighted by Crippen LogP contribution is -2.61. The number of carbonyl (C=O) groups excluding carboxylic acids is 2. The van der Waals surface area contributed by atoms with E-state index in [9.17, 15) is 9.59 Å². The van der Waals surface area contributed by atoms with E-state index in [0.717, 1.165) is 37.9 Å². The first-order valence-electron chi connectivity index (χ1n) is 7.86. The van der Waals surface area contributed by atoms with Gasteiger partial charge in [0.1, 0.15) is 5.69 Å². The van der Waals surface area contributed by atoms with Crippen LogP contribution in [0.4, 0.5) is 0 Å². The fourth-order valence-electron chi connectivity index (χ4n) is 3.60. The van der Waals surface area contributed by atoms with Gasteiger partial charge in [0, 0.05) is 32.8 Å². The van der Waals surface area contributed by atoms with Gasteiger partial charge in [0.15, 0.2) is 0 Å². The van der Waals surface area contributed by atoms with Gasteiger partial charge < -0.3 is 9.80 Å². The summed E-state index contributed by atoms with van der Waals surface area (Å²) >= 11 is 0. The van der Waals surface area contributed by atoms with Crippen LogP contribution in [0.3, 0.4) is 0 Å². The molecule has 1 unspecified atom stereocenters. The fourth-order valence-corrected chi connectivity index (χ4v) is 3.60. The molecular weight excluding hydrogens is 280 g/mol. The van der Waals surface area contributed by atoms with Crippen LogP contribution in [-0.2, 0) is 4.79 Å². The number of rotatable bonds is 1. The van der Waals surface area contributed by atoms with Gasteiger partial charge in [-0.2, -0.15) is 0 Å². The standard InChI is InChI=1S/C16H22N4O2/c1-12-9-18-13(10-17-12)15(22)20-8-4-7-16(11-20)6-3-5-14(21)19(16)2/h9-10H,3-8,11H2,1-2H3. The zero-order valence-electron chi connectivity index (χ0n) is 13.2. The van der Waals surface area contributed by atoms with Crippen LogP contribution in [0.1, 0.15) is 48.3 Å². The second-order valence-corrected chi connectivity index (χ2v) is 6.40. The van der Waals surface area contributed by atoms with Gasteiger partial charge in [0.25, 0.3) is 5.91 Å². The molecule has 3 heterocycles. The fraction of sp³-hybridized carbons (Fsp3) is 0.625. The molecule has 0 radical (unpaired) electrons. The molecule has 1 aromatic rings. The van der Waals surface area contributed by atoms with Gasteiger partial charge in [-0.25, -0.2) is 4.98 Å². The van der Waals surface area contributed by atoms with Gasteiger partial charge in [0.2, 0.25) is 5.91 Å². The Morgan fingerprint density at radius 2 is 2.00 bits per heavy atom. The van der Waals surface area contributed by atoms with E-state index >= 15 is 0 Å². The summed E-state index contributed by atoms with van der Waals surface area (Å²) in [4.78, 5) is 36.7. The van der Waals surface area contributed by atoms with Crippen molar-refractivity contribution < 1.29 is 9.59 Å². The predicted molar refractivity (Wildman–Crippen MR) is 81.3 cm³/mol. The SMILES string of the molecule is Cc1cnc(C(=O)N2CCCC3(CCCC(=O)N3C)C2)cn1. The van der Waals surface area contributed by atoms with Crippen LogP contribution in [0.5, 0.6) is 0 Å². The van der Waals surface area contributed by atoms with Crippen molar-refractivity contribution >= 4 is 11.8 Å². The maximum absolute atomic E-state index is 12.6. The molecule has 6 nitrogen and oxygen atoms in total. The van der Waals surface area contributed by atoms with Crippen LogP contribution < -0.4 is 0 Å². The number of hydrogen-bond acceptors (Lipinski definition) is 4. The Morgan fingerprint density at radius 3 is 2.73 bits per heavy atom. The molecule has 0 aliphatic carbocycles. The van der Waals surface area contributed by atoms with Crippen LogP contribution in [0.2, 0.25) is 0 Å². The predicted octanol–water partition coefficient (Wildman–Crippen LogP) is 1.40.